The van der Waals surface area contributed by atoms with Gasteiger partial charge in [-0.3, -0.25) is 4.79 Å². The summed E-state index contributed by atoms with van der Waals surface area (Å²) in [6.45, 7) is 4.53. The van der Waals surface area contributed by atoms with Crippen LogP contribution in [-0.2, 0) is 6.61 Å². The van der Waals surface area contributed by atoms with E-state index >= 15 is 0 Å². The molecule has 0 unspecified atom stereocenters. The molecule has 3 heteroatoms. The van der Waals surface area contributed by atoms with Crippen LogP contribution in [0.5, 0.6) is 11.5 Å². The molecule has 0 amide bonds. The van der Waals surface area contributed by atoms with E-state index in [0.717, 1.165) is 23.0 Å². The largest absolute Gasteiger partial charge is 0.508 e. The molecule has 126 valence electrons. The number of phenols is 1. The summed E-state index contributed by atoms with van der Waals surface area (Å²) in [7, 11) is 0. The fraction of sp³-hybridized carbons (Fsp3) is 0.136. The van der Waals surface area contributed by atoms with Crippen molar-refractivity contribution in [2.45, 2.75) is 20.5 Å². The molecule has 0 saturated heterocycles. The third-order valence-corrected chi connectivity index (χ3v) is 4.01. The van der Waals surface area contributed by atoms with E-state index in [9.17, 15) is 9.90 Å². The molecule has 0 aliphatic heterocycles. The summed E-state index contributed by atoms with van der Waals surface area (Å²) in [5.41, 5.74) is 5.81. The van der Waals surface area contributed by atoms with Crippen molar-refractivity contribution in [1.29, 1.82) is 0 Å². The molecular formula is C22H20O3. The summed E-state index contributed by atoms with van der Waals surface area (Å²) < 4.78 is 5.86. The molecular weight excluding hydrogens is 312 g/mol. The quantitative estimate of drug-likeness (QED) is 0.664. The maximum Gasteiger partial charge on any atom is 0.153 e. The van der Waals surface area contributed by atoms with Crippen LogP contribution in [0.2, 0.25) is 0 Å². The molecule has 25 heavy (non-hydrogen) atoms. The molecule has 0 atom stereocenters. The summed E-state index contributed by atoms with van der Waals surface area (Å²) in [4.78, 5) is 11.5. The zero-order valence-electron chi connectivity index (χ0n) is 14.3. The minimum Gasteiger partial charge on any atom is -0.508 e. The second-order valence-electron chi connectivity index (χ2n) is 6.20. The van der Waals surface area contributed by atoms with Crippen LogP contribution in [0.25, 0.3) is 11.1 Å². The zero-order chi connectivity index (χ0) is 17.8. The van der Waals surface area contributed by atoms with Crippen molar-refractivity contribution < 1.29 is 14.6 Å². The van der Waals surface area contributed by atoms with E-state index in [1.54, 1.807) is 18.2 Å². The van der Waals surface area contributed by atoms with Crippen LogP contribution in [-0.4, -0.2) is 11.4 Å². The van der Waals surface area contributed by atoms with Gasteiger partial charge in [0.1, 0.15) is 18.1 Å². The highest BCUT2D eigenvalue weighted by Gasteiger charge is 2.07. The van der Waals surface area contributed by atoms with Crippen LogP contribution in [0.15, 0.2) is 60.7 Å². The summed E-state index contributed by atoms with van der Waals surface area (Å²) in [5.74, 6) is 0.782. The van der Waals surface area contributed by atoms with Crippen LogP contribution in [0.4, 0.5) is 0 Å². The van der Waals surface area contributed by atoms with Crippen molar-refractivity contribution in [3.05, 3.63) is 82.9 Å². The second-order valence-corrected chi connectivity index (χ2v) is 6.20. The number of aromatic hydroxyl groups is 1. The van der Waals surface area contributed by atoms with E-state index in [0.29, 0.717) is 17.9 Å². The van der Waals surface area contributed by atoms with Crippen molar-refractivity contribution in [3.8, 4) is 22.6 Å². The molecule has 0 heterocycles. The van der Waals surface area contributed by atoms with Crippen LogP contribution >= 0.6 is 0 Å². The highest BCUT2D eigenvalue weighted by molar-refractivity contribution is 5.83. The van der Waals surface area contributed by atoms with Crippen LogP contribution in [0.3, 0.4) is 0 Å². The average Bonchev–Trinajstić information content (AvgIpc) is 2.60. The zero-order valence-corrected chi connectivity index (χ0v) is 14.3. The number of phenolic OH excluding ortho intramolecular Hbond substituents is 1. The standard InChI is InChI=1S/C22H20O3/c1-15-9-16(2)11-17(10-15)14-25-22-8-5-19(12-20(22)13-23)18-3-6-21(24)7-4-18/h3-13,24H,14H2,1-2H3. The molecule has 0 aliphatic carbocycles. The molecule has 0 radical (unpaired) electrons. The summed E-state index contributed by atoms with van der Waals surface area (Å²) in [6, 6.07) is 18.7. The number of aldehydes is 1. The maximum absolute atomic E-state index is 11.5. The molecule has 3 aromatic carbocycles. The number of rotatable bonds is 5. The first-order valence-electron chi connectivity index (χ1n) is 8.14. The monoisotopic (exact) mass is 332 g/mol. The Morgan fingerprint density at radius 2 is 1.52 bits per heavy atom. The Balaban J connectivity index is 1.82. The molecule has 3 rings (SSSR count). The van der Waals surface area contributed by atoms with Gasteiger partial charge < -0.3 is 9.84 Å². The van der Waals surface area contributed by atoms with Crippen molar-refractivity contribution >= 4 is 6.29 Å². The number of ether oxygens (including phenoxy) is 1. The van der Waals surface area contributed by atoms with E-state index in [4.69, 9.17) is 4.74 Å². The molecule has 0 aliphatic rings. The van der Waals surface area contributed by atoms with Crippen molar-refractivity contribution in [1.82, 2.24) is 0 Å². The predicted molar refractivity (Wildman–Crippen MR) is 99.2 cm³/mol. The second kappa shape index (κ2) is 7.22. The minimum absolute atomic E-state index is 0.216. The molecule has 1 N–H and O–H groups in total. The average molecular weight is 332 g/mol. The lowest BCUT2D eigenvalue weighted by Gasteiger charge is -2.11. The van der Waals surface area contributed by atoms with Gasteiger partial charge in [-0.15, -0.1) is 0 Å². The van der Waals surface area contributed by atoms with Gasteiger partial charge in [0.25, 0.3) is 0 Å². The fourth-order valence-corrected chi connectivity index (χ4v) is 2.92. The van der Waals surface area contributed by atoms with Gasteiger partial charge in [-0.05, 0) is 54.8 Å². The minimum atomic E-state index is 0.216. The lowest BCUT2D eigenvalue weighted by atomic mass is 10.0. The van der Waals surface area contributed by atoms with E-state index in [2.05, 4.69) is 32.0 Å². The van der Waals surface area contributed by atoms with Crippen LogP contribution in [0.1, 0.15) is 27.0 Å². The molecule has 0 saturated carbocycles. The van der Waals surface area contributed by atoms with Gasteiger partial charge in [0.2, 0.25) is 0 Å². The summed E-state index contributed by atoms with van der Waals surface area (Å²) in [6.07, 6.45) is 0.806. The Bertz CT molecular complexity index is 875. The van der Waals surface area contributed by atoms with Gasteiger partial charge >= 0.3 is 0 Å². The number of benzene rings is 3. The third-order valence-electron chi connectivity index (χ3n) is 4.01. The topological polar surface area (TPSA) is 46.5 Å². The number of hydrogen-bond donors (Lipinski definition) is 1. The predicted octanol–water partition coefficient (Wildman–Crippen LogP) is 5.07. The van der Waals surface area contributed by atoms with Crippen LogP contribution in [0, 0.1) is 13.8 Å². The van der Waals surface area contributed by atoms with Crippen molar-refractivity contribution in [3.63, 3.8) is 0 Å². The smallest absolute Gasteiger partial charge is 0.153 e. The van der Waals surface area contributed by atoms with E-state index < -0.39 is 0 Å². The Morgan fingerprint density at radius 3 is 2.16 bits per heavy atom. The molecule has 0 aromatic heterocycles. The SMILES string of the molecule is Cc1cc(C)cc(COc2ccc(-c3ccc(O)cc3)cc2C=O)c1. The maximum atomic E-state index is 11.5. The molecule has 3 aromatic rings. The molecule has 0 bridgehead atoms. The first-order chi connectivity index (χ1) is 12.0. The molecule has 0 spiro atoms. The van der Waals surface area contributed by atoms with Crippen molar-refractivity contribution in [2.24, 2.45) is 0 Å². The fourth-order valence-electron chi connectivity index (χ4n) is 2.92. The van der Waals surface area contributed by atoms with Crippen molar-refractivity contribution in [2.75, 3.05) is 0 Å². The lowest BCUT2D eigenvalue weighted by Crippen LogP contribution is -1.99. The summed E-state index contributed by atoms with van der Waals surface area (Å²) in [5, 5.41) is 9.39. The molecule has 0 fully saturated rings. The first kappa shape index (κ1) is 16.8. The van der Waals surface area contributed by atoms with Gasteiger partial charge in [0.15, 0.2) is 6.29 Å². The Morgan fingerprint density at radius 1 is 0.880 bits per heavy atom. The Hall–Kier alpha value is -3.07. The van der Waals surface area contributed by atoms with Crippen LogP contribution < -0.4 is 4.74 Å². The first-order valence-corrected chi connectivity index (χ1v) is 8.14. The highest BCUT2D eigenvalue weighted by Crippen LogP contribution is 2.27. The number of aryl methyl sites for hydroxylation is 2. The molecule has 3 nitrogen and oxygen atoms in total. The number of hydrogen-bond acceptors (Lipinski definition) is 3. The van der Waals surface area contributed by atoms with Gasteiger partial charge in [-0.2, -0.15) is 0 Å². The van der Waals surface area contributed by atoms with E-state index in [-0.39, 0.29) is 5.75 Å². The van der Waals surface area contributed by atoms with Gasteiger partial charge in [0.05, 0.1) is 5.56 Å². The van der Waals surface area contributed by atoms with Gasteiger partial charge in [-0.25, -0.2) is 0 Å². The third kappa shape index (κ3) is 4.07. The Labute approximate surface area is 147 Å². The summed E-state index contributed by atoms with van der Waals surface area (Å²) >= 11 is 0. The van der Waals surface area contributed by atoms with Gasteiger partial charge in [0, 0.05) is 0 Å². The Kier molecular flexibility index (Phi) is 4.85. The van der Waals surface area contributed by atoms with E-state index in [1.165, 1.54) is 11.1 Å². The van der Waals surface area contributed by atoms with Gasteiger partial charge in [-0.1, -0.05) is 47.5 Å². The van der Waals surface area contributed by atoms with E-state index in [1.807, 2.05) is 24.3 Å². The number of carbonyl (C=O) groups is 1. The normalized spacial score (nSPS) is 10.5. The lowest BCUT2D eigenvalue weighted by molar-refractivity contribution is 0.111. The highest BCUT2D eigenvalue weighted by atomic mass is 16.5. The number of carbonyl (C=O) groups excluding carboxylic acids is 1.